The number of unbranched alkanes of at least 4 members (excludes halogenated alkanes) is 30. The zero-order chi connectivity index (χ0) is 46.3. The van der Waals surface area contributed by atoms with E-state index in [1.165, 1.54) is 161 Å². The second-order valence-corrected chi connectivity index (χ2v) is 19.2. The van der Waals surface area contributed by atoms with E-state index in [1.54, 1.807) is 0 Å². The maximum absolute atomic E-state index is 12.8. The Bertz CT molecular complexity index is 1090. The summed E-state index contributed by atoms with van der Waals surface area (Å²) >= 11 is 0. The zero-order valence-corrected chi connectivity index (χ0v) is 42.0. The van der Waals surface area contributed by atoms with Gasteiger partial charge < -0.3 is 33.3 Å². The normalized spacial score (nSPS) is 13.0. The van der Waals surface area contributed by atoms with E-state index in [9.17, 15) is 19.5 Å². The Labute approximate surface area is 388 Å². The molecule has 0 aliphatic rings. The Hall–Kier alpha value is -2.23. The largest absolute Gasteiger partial charge is 0.545 e. The molecule has 0 spiro atoms. The smallest absolute Gasteiger partial charge is 0.306 e. The summed E-state index contributed by atoms with van der Waals surface area (Å²) in [7, 11) is 5.92. The molecule has 0 saturated heterocycles. The fourth-order valence-electron chi connectivity index (χ4n) is 7.57. The first-order valence-electron chi connectivity index (χ1n) is 26.5. The molecule has 0 aromatic carbocycles. The lowest BCUT2D eigenvalue weighted by Gasteiger charge is -2.26. The van der Waals surface area contributed by atoms with Gasteiger partial charge in [0, 0.05) is 12.8 Å². The summed E-state index contributed by atoms with van der Waals surface area (Å²) in [6, 6.07) is 0. The van der Waals surface area contributed by atoms with Gasteiger partial charge in [-0.1, -0.05) is 212 Å². The number of likely N-dealkylation sites (N-methyl/N-ethyl adjacent to an activating group) is 1. The van der Waals surface area contributed by atoms with Gasteiger partial charge in [-0.25, -0.2) is 0 Å². The van der Waals surface area contributed by atoms with Gasteiger partial charge in [0.2, 0.25) is 0 Å². The topological polar surface area (TPSA) is 111 Å². The van der Waals surface area contributed by atoms with E-state index in [0.717, 1.165) is 51.4 Å². The van der Waals surface area contributed by atoms with E-state index < -0.39 is 24.3 Å². The molecule has 0 aromatic heterocycles. The van der Waals surface area contributed by atoms with Crippen molar-refractivity contribution in [2.45, 2.75) is 257 Å². The number of carbonyl (C=O) groups is 3. The van der Waals surface area contributed by atoms with E-state index >= 15 is 0 Å². The molecule has 2 unspecified atom stereocenters. The Balaban J connectivity index is 4.28. The van der Waals surface area contributed by atoms with E-state index in [0.29, 0.717) is 23.9 Å². The molecule has 0 heterocycles. The van der Waals surface area contributed by atoms with Crippen LogP contribution in [0.1, 0.15) is 245 Å². The van der Waals surface area contributed by atoms with Gasteiger partial charge in [-0.15, -0.1) is 0 Å². The SMILES string of the molecule is CCCCC/C=C\C/C=C\CCCCCCCCCC(=O)OC(COC(=O)CCCCCCCCCCCCCCCCCCCCCCC)COC(OCC[N+](C)(C)C)C(=O)[O-]. The molecule has 0 N–H and O–H groups in total. The highest BCUT2D eigenvalue weighted by Gasteiger charge is 2.22. The third-order valence-electron chi connectivity index (χ3n) is 11.7. The molecular formula is C54H101NO8. The second-order valence-electron chi connectivity index (χ2n) is 19.2. The predicted molar refractivity (Wildman–Crippen MR) is 260 cm³/mol. The average molecular weight is 892 g/mol. The number of quaternary nitrogens is 1. The number of allylic oxidation sites excluding steroid dienone is 4. The molecule has 9 nitrogen and oxygen atoms in total. The summed E-state index contributed by atoms with van der Waals surface area (Å²) in [6.07, 6.45) is 49.2. The van der Waals surface area contributed by atoms with Crippen LogP contribution in [0.5, 0.6) is 0 Å². The zero-order valence-electron chi connectivity index (χ0n) is 42.0. The molecule has 0 radical (unpaired) electrons. The minimum atomic E-state index is -1.62. The van der Waals surface area contributed by atoms with Crippen LogP contribution in [-0.2, 0) is 33.3 Å². The molecule has 0 aliphatic carbocycles. The summed E-state index contributed by atoms with van der Waals surface area (Å²) in [5.74, 6) is -2.28. The molecule has 0 aromatic rings. The highest BCUT2D eigenvalue weighted by Crippen LogP contribution is 2.16. The number of ether oxygens (including phenoxy) is 4. The predicted octanol–water partition coefficient (Wildman–Crippen LogP) is 13.5. The number of carbonyl (C=O) groups excluding carboxylic acids is 3. The van der Waals surface area contributed by atoms with Crippen LogP contribution >= 0.6 is 0 Å². The molecule has 0 amide bonds. The van der Waals surface area contributed by atoms with Crippen LogP contribution in [0.25, 0.3) is 0 Å². The quantitative estimate of drug-likeness (QED) is 0.0195. The van der Waals surface area contributed by atoms with Gasteiger partial charge in [0.1, 0.15) is 13.2 Å². The number of carboxylic acids is 1. The van der Waals surface area contributed by atoms with Gasteiger partial charge in [-0.3, -0.25) is 9.59 Å². The van der Waals surface area contributed by atoms with Crippen molar-refractivity contribution in [3.8, 4) is 0 Å². The third kappa shape index (κ3) is 47.5. The fourth-order valence-corrected chi connectivity index (χ4v) is 7.57. The molecule has 63 heavy (non-hydrogen) atoms. The summed E-state index contributed by atoms with van der Waals surface area (Å²) in [5.41, 5.74) is 0. The monoisotopic (exact) mass is 892 g/mol. The standard InChI is InChI=1S/C54H101NO8/c1-6-8-10-12-14-16-18-20-22-24-25-26-27-29-30-32-34-36-38-40-42-44-51(56)61-48-50(49-62-54(53(58)59)60-47-46-55(3,4)5)63-52(57)45-43-41-39-37-35-33-31-28-23-21-19-17-15-13-11-9-7-2/h15,17,21,23,50,54H,6-14,16,18-20,22,24-49H2,1-5H3/b17-15-,23-21-. The van der Waals surface area contributed by atoms with E-state index in [-0.39, 0.29) is 32.2 Å². The Morgan fingerprint density at radius 3 is 1.29 bits per heavy atom. The number of aliphatic carboxylic acids is 1. The molecule has 2 atom stereocenters. The number of nitrogens with zero attached hydrogens (tertiary/aromatic N) is 1. The van der Waals surface area contributed by atoms with Gasteiger partial charge in [0.05, 0.1) is 40.3 Å². The molecule has 9 heteroatoms. The summed E-state index contributed by atoms with van der Waals surface area (Å²) in [5, 5.41) is 11.7. The fraction of sp³-hybridized carbons (Fsp3) is 0.870. The van der Waals surface area contributed by atoms with Gasteiger partial charge >= 0.3 is 11.9 Å². The number of hydrogen-bond donors (Lipinski definition) is 0. The van der Waals surface area contributed by atoms with Crippen molar-refractivity contribution in [3.63, 3.8) is 0 Å². The lowest BCUT2D eigenvalue weighted by atomic mass is 10.0. The van der Waals surface area contributed by atoms with Crippen molar-refractivity contribution >= 4 is 17.9 Å². The van der Waals surface area contributed by atoms with E-state index in [2.05, 4.69) is 38.2 Å². The molecule has 0 bridgehead atoms. The van der Waals surface area contributed by atoms with Gasteiger partial charge in [0.15, 0.2) is 12.4 Å². The van der Waals surface area contributed by atoms with Crippen molar-refractivity contribution in [2.75, 3.05) is 47.5 Å². The summed E-state index contributed by atoms with van der Waals surface area (Å²) in [4.78, 5) is 37.2. The third-order valence-corrected chi connectivity index (χ3v) is 11.7. The van der Waals surface area contributed by atoms with Crippen molar-refractivity contribution < 1.29 is 42.9 Å². The van der Waals surface area contributed by atoms with Gasteiger partial charge in [0.25, 0.3) is 0 Å². The minimum absolute atomic E-state index is 0.148. The van der Waals surface area contributed by atoms with Gasteiger partial charge in [-0.05, 0) is 44.9 Å². The maximum atomic E-state index is 12.8. The number of esters is 2. The van der Waals surface area contributed by atoms with Crippen molar-refractivity contribution in [1.82, 2.24) is 0 Å². The summed E-state index contributed by atoms with van der Waals surface area (Å²) < 4.78 is 22.6. The molecule has 0 saturated carbocycles. The number of rotatable bonds is 49. The van der Waals surface area contributed by atoms with Crippen molar-refractivity contribution in [2.24, 2.45) is 0 Å². The lowest BCUT2D eigenvalue weighted by Crippen LogP contribution is -2.44. The lowest BCUT2D eigenvalue weighted by molar-refractivity contribution is -0.870. The van der Waals surface area contributed by atoms with Gasteiger partial charge in [-0.2, -0.15) is 0 Å². The molecule has 370 valence electrons. The second kappa shape index (κ2) is 46.3. The first-order valence-corrected chi connectivity index (χ1v) is 26.5. The average Bonchev–Trinajstić information content (AvgIpc) is 3.24. The Morgan fingerprint density at radius 1 is 0.476 bits per heavy atom. The Morgan fingerprint density at radius 2 is 0.857 bits per heavy atom. The van der Waals surface area contributed by atoms with Crippen LogP contribution in [0.15, 0.2) is 24.3 Å². The molecule has 0 fully saturated rings. The summed E-state index contributed by atoms with van der Waals surface area (Å²) in [6.45, 7) is 4.75. The first-order chi connectivity index (χ1) is 30.6. The van der Waals surface area contributed by atoms with Crippen LogP contribution in [0.3, 0.4) is 0 Å². The Kier molecular flexibility index (Phi) is 44.7. The highest BCUT2D eigenvalue weighted by molar-refractivity contribution is 5.70. The van der Waals surface area contributed by atoms with Crippen molar-refractivity contribution in [3.05, 3.63) is 24.3 Å². The maximum Gasteiger partial charge on any atom is 0.306 e. The molecule has 0 rings (SSSR count). The van der Waals surface area contributed by atoms with Crippen LogP contribution < -0.4 is 5.11 Å². The molecular weight excluding hydrogens is 791 g/mol. The van der Waals surface area contributed by atoms with Crippen LogP contribution in [0.2, 0.25) is 0 Å². The van der Waals surface area contributed by atoms with Crippen LogP contribution in [0, 0.1) is 0 Å². The minimum Gasteiger partial charge on any atom is -0.545 e. The number of carboxylic acid groups (broad SMARTS) is 1. The number of hydrogen-bond acceptors (Lipinski definition) is 8. The highest BCUT2D eigenvalue weighted by atomic mass is 16.7. The molecule has 0 aliphatic heterocycles. The van der Waals surface area contributed by atoms with Crippen LogP contribution in [0.4, 0.5) is 0 Å². The van der Waals surface area contributed by atoms with E-state index in [1.807, 2.05) is 21.1 Å². The van der Waals surface area contributed by atoms with E-state index in [4.69, 9.17) is 18.9 Å². The van der Waals surface area contributed by atoms with Crippen LogP contribution in [-0.4, -0.2) is 82.3 Å². The van der Waals surface area contributed by atoms with Crippen molar-refractivity contribution in [1.29, 1.82) is 0 Å². The first kappa shape index (κ1) is 60.8.